The fraction of sp³-hybridized carbons (Fsp3) is 0.417. The highest BCUT2D eigenvalue weighted by molar-refractivity contribution is 5.43. The van der Waals surface area contributed by atoms with Gasteiger partial charge in [-0.2, -0.15) is 5.26 Å². The third kappa shape index (κ3) is 2.88. The van der Waals surface area contributed by atoms with Gasteiger partial charge in [-0.1, -0.05) is 13.0 Å². The second-order valence-corrected chi connectivity index (χ2v) is 3.28. The fourth-order valence-electron chi connectivity index (χ4n) is 1.42. The molecular weight excluding hydrogens is 204 g/mol. The van der Waals surface area contributed by atoms with Crippen molar-refractivity contribution in [3.05, 3.63) is 23.8 Å². The van der Waals surface area contributed by atoms with E-state index in [0.717, 1.165) is 5.56 Å². The van der Waals surface area contributed by atoms with Crippen molar-refractivity contribution < 1.29 is 9.84 Å². The number of phenols is 1. The first-order chi connectivity index (χ1) is 7.72. The highest BCUT2D eigenvalue weighted by Crippen LogP contribution is 2.29. The van der Waals surface area contributed by atoms with Gasteiger partial charge in [-0.15, -0.1) is 0 Å². The Morgan fingerprint density at radius 2 is 2.25 bits per heavy atom. The first-order valence-electron chi connectivity index (χ1n) is 5.31. The van der Waals surface area contributed by atoms with Crippen molar-refractivity contribution >= 4 is 0 Å². The zero-order chi connectivity index (χ0) is 12.0. The van der Waals surface area contributed by atoms with Gasteiger partial charge in [0.2, 0.25) is 0 Å². The molecule has 1 aromatic carbocycles. The summed E-state index contributed by atoms with van der Waals surface area (Å²) < 4.78 is 5.26. The number of hydrogen-bond donors (Lipinski definition) is 2. The van der Waals surface area contributed by atoms with Gasteiger partial charge in [0, 0.05) is 0 Å². The summed E-state index contributed by atoms with van der Waals surface area (Å²) in [6.07, 6.45) is 0. The molecule has 0 saturated heterocycles. The Labute approximate surface area is 95.5 Å². The van der Waals surface area contributed by atoms with E-state index in [9.17, 15) is 5.11 Å². The molecule has 4 heteroatoms. The Hall–Kier alpha value is -1.73. The molecule has 2 N–H and O–H groups in total. The van der Waals surface area contributed by atoms with Crippen molar-refractivity contribution in [3.63, 3.8) is 0 Å². The quantitative estimate of drug-likeness (QED) is 0.796. The summed E-state index contributed by atoms with van der Waals surface area (Å²) in [7, 11) is 0. The molecule has 1 rings (SSSR count). The van der Waals surface area contributed by atoms with E-state index in [0.29, 0.717) is 18.9 Å². The molecular formula is C12H16N2O2. The van der Waals surface area contributed by atoms with Crippen LogP contribution in [-0.2, 0) is 0 Å². The molecule has 0 aliphatic rings. The molecule has 0 bridgehead atoms. The zero-order valence-corrected chi connectivity index (χ0v) is 9.53. The van der Waals surface area contributed by atoms with Gasteiger partial charge in [0.15, 0.2) is 11.5 Å². The molecule has 86 valence electrons. The van der Waals surface area contributed by atoms with Crippen molar-refractivity contribution in [1.29, 1.82) is 5.26 Å². The summed E-state index contributed by atoms with van der Waals surface area (Å²) in [6.45, 7) is 4.98. The molecule has 0 radical (unpaired) electrons. The molecule has 0 spiro atoms. The lowest BCUT2D eigenvalue weighted by Gasteiger charge is -2.12. The van der Waals surface area contributed by atoms with E-state index in [1.165, 1.54) is 0 Å². The number of ether oxygens (including phenoxy) is 1. The molecule has 1 aromatic rings. The van der Waals surface area contributed by atoms with Gasteiger partial charge >= 0.3 is 0 Å². The Bertz CT molecular complexity index is 385. The number of phenolic OH excluding ortho intramolecular Hbond substituents is 1. The fourth-order valence-corrected chi connectivity index (χ4v) is 1.42. The summed E-state index contributed by atoms with van der Waals surface area (Å²) in [5.74, 6) is 0.511. The van der Waals surface area contributed by atoms with Crippen LogP contribution in [0, 0.1) is 11.3 Å². The van der Waals surface area contributed by atoms with Crippen LogP contribution < -0.4 is 10.1 Å². The van der Waals surface area contributed by atoms with E-state index in [4.69, 9.17) is 10.00 Å². The number of aromatic hydroxyl groups is 1. The summed E-state index contributed by atoms with van der Waals surface area (Å²) in [6, 6.07) is 6.74. The van der Waals surface area contributed by atoms with E-state index in [2.05, 4.69) is 11.4 Å². The molecule has 1 unspecified atom stereocenters. The number of rotatable bonds is 5. The van der Waals surface area contributed by atoms with Crippen LogP contribution in [0.15, 0.2) is 18.2 Å². The van der Waals surface area contributed by atoms with E-state index >= 15 is 0 Å². The Kier molecular flexibility index (Phi) is 4.62. The highest BCUT2D eigenvalue weighted by atomic mass is 16.5. The molecule has 0 amide bonds. The van der Waals surface area contributed by atoms with Crippen LogP contribution in [0.4, 0.5) is 0 Å². The Morgan fingerprint density at radius 3 is 2.81 bits per heavy atom. The van der Waals surface area contributed by atoms with E-state index in [1.54, 1.807) is 18.2 Å². The van der Waals surface area contributed by atoms with Crippen LogP contribution in [0.5, 0.6) is 11.5 Å². The maximum absolute atomic E-state index is 9.52. The standard InChI is InChI=1S/C12H16N2O2/c1-3-14-10(8-13)9-5-6-11(15)12(7-9)16-4-2/h5-7,10,14-15H,3-4H2,1-2H3. The highest BCUT2D eigenvalue weighted by Gasteiger charge is 2.11. The molecule has 0 aliphatic heterocycles. The largest absolute Gasteiger partial charge is 0.504 e. The van der Waals surface area contributed by atoms with Crippen LogP contribution in [-0.4, -0.2) is 18.3 Å². The number of nitrogens with one attached hydrogen (secondary N) is 1. The van der Waals surface area contributed by atoms with E-state index in [1.807, 2.05) is 13.8 Å². The van der Waals surface area contributed by atoms with Crippen molar-refractivity contribution in [2.75, 3.05) is 13.2 Å². The molecule has 0 fully saturated rings. The van der Waals surface area contributed by atoms with E-state index < -0.39 is 0 Å². The predicted molar refractivity (Wildman–Crippen MR) is 61.3 cm³/mol. The Balaban J connectivity index is 2.97. The summed E-state index contributed by atoms with van der Waals surface area (Å²) in [5.41, 5.74) is 0.797. The van der Waals surface area contributed by atoms with Crippen LogP contribution in [0.1, 0.15) is 25.5 Å². The predicted octanol–water partition coefficient (Wildman–Crippen LogP) is 1.97. The molecule has 4 nitrogen and oxygen atoms in total. The first kappa shape index (κ1) is 12.3. The van der Waals surface area contributed by atoms with Gasteiger partial charge in [0.05, 0.1) is 12.7 Å². The minimum Gasteiger partial charge on any atom is -0.504 e. The minimum atomic E-state index is -0.371. The second kappa shape index (κ2) is 5.99. The molecule has 1 atom stereocenters. The number of benzene rings is 1. The summed E-state index contributed by atoms with van der Waals surface area (Å²) in [5, 5.41) is 21.5. The van der Waals surface area contributed by atoms with Crippen LogP contribution >= 0.6 is 0 Å². The van der Waals surface area contributed by atoms with Crippen molar-refractivity contribution in [2.24, 2.45) is 0 Å². The van der Waals surface area contributed by atoms with Crippen molar-refractivity contribution in [2.45, 2.75) is 19.9 Å². The smallest absolute Gasteiger partial charge is 0.161 e. The monoisotopic (exact) mass is 220 g/mol. The van der Waals surface area contributed by atoms with Gasteiger partial charge in [0.25, 0.3) is 0 Å². The molecule has 0 aliphatic carbocycles. The van der Waals surface area contributed by atoms with E-state index in [-0.39, 0.29) is 11.8 Å². The zero-order valence-electron chi connectivity index (χ0n) is 9.53. The first-order valence-corrected chi connectivity index (χ1v) is 5.31. The summed E-state index contributed by atoms with van der Waals surface area (Å²) >= 11 is 0. The van der Waals surface area contributed by atoms with Gasteiger partial charge in [-0.3, -0.25) is 5.32 Å². The maximum atomic E-state index is 9.52. The van der Waals surface area contributed by atoms with Gasteiger partial charge in [-0.25, -0.2) is 0 Å². The molecule has 0 heterocycles. The normalized spacial score (nSPS) is 11.8. The number of nitriles is 1. The lowest BCUT2D eigenvalue weighted by atomic mass is 10.1. The lowest BCUT2D eigenvalue weighted by molar-refractivity contribution is 0.317. The summed E-state index contributed by atoms with van der Waals surface area (Å²) in [4.78, 5) is 0. The molecule has 0 saturated carbocycles. The van der Waals surface area contributed by atoms with Crippen molar-refractivity contribution in [1.82, 2.24) is 5.32 Å². The third-order valence-electron chi connectivity index (χ3n) is 2.15. The average molecular weight is 220 g/mol. The van der Waals surface area contributed by atoms with Crippen LogP contribution in [0.25, 0.3) is 0 Å². The minimum absolute atomic E-state index is 0.0961. The van der Waals surface area contributed by atoms with Crippen LogP contribution in [0.3, 0.4) is 0 Å². The lowest BCUT2D eigenvalue weighted by Crippen LogP contribution is -2.19. The molecule has 0 aromatic heterocycles. The third-order valence-corrected chi connectivity index (χ3v) is 2.15. The number of hydrogen-bond acceptors (Lipinski definition) is 4. The van der Waals surface area contributed by atoms with Crippen molar-refractivity contribution in [3.8, 4) is 17.6 Å². The van der Waals surface area contributed by atoms with Gasteiger partial charge in [-0.05, 0) is 31.2 Å². The van der Waals surface area contributed by atoms with Crippen LogP contribution in [0.2, 0.25) is 0 Å². The maximum Gasteiger partial charge on any atom is 0.161 e. The molecule has 16 heavy (non-hydrogen) atoms. The Morgan fingerprint density at radius 1 is 1.50 bits per heavy atom. The van der Waals surface area contributed by atoms with Gasteiger partial charge < -0.3 is 9.84 Å². The number of nitrogens with zero attached hydrogens (tertiary/aromatic N) is 1. The SMILES string of the molecule is CCNC(C#N)c1ccc(O)c(OCC)c1. The topological polar surface area (TPSA) is 65.3 Å². The van der Waals surface area contributed by atoms with Gasteiger partial charge in [0.1, 0.15) is 6.04 Å². The second-order valence-electron chi connectivity index (χ2n) is 3.28. The average Bonchev–Trinajstić information content (AvgIpc) is 2.29.